The van der Waals surface area contributed by atoms with Crippen LogP contribution in [0, 0.1) is 6.92 Å². The van der Waals surface area contributed by atoms with Crippen LogP contribution in [0.2, 0.25) is 0 Å². The maximum Gasteiger partial charge on any atom is 0.258 e. The maximum atomic E-state index is 12.5. The van der Waals surface area contributed by atoms with Gasteiger partial charge in [-0.2, -0.15) is 0 Å². The van der Waals surface area contributed by atoms with E-state index in [1.165, 1.54) is 0 Å². The summed E-state index contributed by atoms with van der Waals surface area (Å²) in [5.41, 5.74) is 1.86. The van der Waals surface area contributed by atoms with Gasteiger partial charge in [0.05, 0.1) is 0 Å². The Bertz CT molecular complexity index is 736. The zero-order valence-electron chi connectivity index (χ0n) is 15.0. The molecule has 0 aromatic heterocycles. The Labute approximate surface area is 154 Å². The topological polar surface area (TPSA) is 58.6 Å². The Morgan fingerprint density at radius 2 is 1.69 bits per heavy atom. The van der Waals surface area contributed by atoms with Gasteiger partial charge in [0, 0.05) is 24.7 Å². The molecule has 1 saturated heterocycles. The number of carbonyl (C=O) groups excluding carboxylic acids is 2. The van der Waals surface area contributed by atoms with Crippen LogP contribution in [0.1, 0.15) is 28.8 Å². The van der Waals surface area contributed by atoms with Crippen LogP contribution in [0.15, 0.2) is 54.6 Å². The molecule has 26 heavy (non-hydrogen) atoms. The van der Waals surface area contributed by atoms with Crippen molar-refractivity contribution in [3.63, 3.8) is 0 Å². The van der Waals surface area contributed by atoms with Crippen molar-refractivity contribution < 1.29 is 14.3 Å². The zero-order chi connectivity index (χ0) is 18.4. The molecule has 1 heterocycles. The minimum Gasteiger partial charge on any atom is -0.484 e. The average molecular weight is 352 g/mol. The number of nitrogens with zero attached hydrogens (tertiary/aromatic N) is 1. The van der Waals surface area contributed by atoms with Crippen LogP contribution in [0.4, 0.5) is 0 Å². The van der Waals surface area contributed by atoms with Gasteiger partial charge < -0.3 is 15.0 Å². The highest BCUT2D eigenvalue weighted by Gasteiger charge is 2.24. The Hall–Kier alpha value is -2.82. The SMILES string of the molecule is Cc1ccc(C(=O)N2CCC(NC(=O)COc3ccccc3)CC2)cc1. The van der Waals surface area contributed by atoms with Gasteiger partial charge in [-0.25, -0.2) is 0 Å². The fourth-order valence-electron chi connectivity index (χ4n) is 3.04. The van der Waals surface area contributed by atoms with Crippen LogP contribution in [0.5, 0.6) is 5.75 Å². The number of para-hydroxylation sites is 1. The number of rotatable bonds is 5. The minimum atomic E-state index is -0.128. The van der Waals surface area contributed by atoms with E-state index in [2.05, 4.69) is 5.32 Å². The first-order chi connectivity index (χ1) is 12.6. The van der Waals surface area contributed by atoms with Gasteiger partial charge in [0.2, 0.25) is 0 Å². The summed E-state index contributed by atoms with van der Waals surface area (Å²) in [5, 5.41) is 2.99. The molecule has 0 atom stereocenters. The van der Waals surface area contributed by atoms with Gasteiger partial charge in [-0.15, -0.1) is 0 Å². The molecule has 5 heteroatoms. The largest absolute Gasteiger partial charge is 0.484 e. The van der Waals surface area contributed by atoms with Crippen LogP contribution in [-0.4, -0.2) is 42.5 Å². The van der Waals surface area contributed by atoms with Crippen molar-refractivity contribution in [3.8, 4) is 5.75 Å². The third-order valence-electron chi connectivity index (χ3n) is 4.56. The summed E-state index contributed by atoms with van der Waals surface area (Å²) in [6.07, 6.45) is 1.52. The quantitative estimate of drug-likeness (QED) is 0.900. The average Bonchev–Trinajstić information content (AvgIpc) is 2.68. The molecule has 0 spiro atoms. The number of ether oxygens (including phenoxy) is 1. The van der Waals surface area contributed by atoms with E-state index >= 15 is 0 Å². The Kier molecular flexibility index (Phi) is 5.89. The summed E-state index contributed by atoms with van der Waals surface area (Å²) >= 11 is 0. The third-order valence-corrected chi connectivity index (χ3v) is 4.56. The molecule has 3 rings (SSSR count). The second-order valence-electron chi connectivity index (χ2n) is 6.60. The first-order valence-corrected chi connectivity index (χ1v) is 8.95. The highest BCUT2D eigenvalue weighted by Crippen LogP contribution is 2.15. The number of hydrogen-bond acceptors (Lipinski definition) is 3. The van der Waals surface area contributed by atoms with Crippen molar-refractivity contribution in [2.45, 2.75) is 25.8 Å². The summed E-state index contributed by atoms with van der Waals surface area (Å²) < 4.78 is 5.46. The number of carbonyl (C=O) groups is 2. The van der Waals surface area contributed by atoms with Crippen LogP contribution >= 0.6 is 0 Å². The van der Waals surface area contributed by atoms with Gasteiger partial charge >= 0.3 is 0 Å². The number of hydrogen-bond donors (Lipinski definition) is 1. The molecule has 2 aromatic rings. The molecule has 0 bridgehead atoms. The van der Waals surface area contributed by atoms with E-state index in [-0.39, 0.29) is 24.5 Å². The number of piperidine rings is 1. The van der Waals surface area contributed by atoms with E-state index in [1.54, 1.807) is 0 Å². The van der Waals surface area contributed by atoms with Gasteiger partial charge in [-0.1, -0.05) is 35.9 Å². The molecule has 0 radical (unpaired) electrons. The second-order valence-corrected chi connectivity index (χ2v) is 6.60. The van der Waals surface area contributed by atoms with Crippen molar-refractivity contribution in [2.75, 3.05) is 19.7 Å². The molecule has 0 aliphatic carbocycles. The van der Waals surface area contributed by atoms with Crippen molar-refractivity contribution in [2.24, 2.45) is 0 Å². The zero-order valence-corrected chi connectivity index (χ0v) is 15.0. The van der Waals surface area contributed by atoms with Gasteiger partial charge in [-0.05, 0) is 44.0 Å². The molecule has 1 aliphatic rings. The molecule has 1 fully saturated rings. The lowest BCUT2D eigenvalue weighted by atomic mass is 10.0. The predicted molar refractivity (Wildman–Crippen MR) is 100 cm³/mol. The second kappa shape index (κ2) is 8.52. The van der Waals surface area contributed by atoms with E-state index in [4.69, 9.17) is 4.74 Å². The number of amides is 2. The van der Waals surface area contributed by atoms with Gasteiger partial charge in [0.1, 0.15) is 5.75 Å². The summed E-state index contributed by atoms with van der Waals surface area (Å²) in [4.78, 5) is 26.4. The standard InChI is InChI=1S/C21H24N2O3/c1-16-7-9-17(10-8-16)21(25)23-13-11-18(12-14-23)22-20(24)15-26-19-5-3-2-4-6-19/h2-10,18H,11-15H2,1H3,(H,22,24). The van der Waals surface area contributed by atoms with E-state index < -0.39 is 0 Å². The van der Waals surface area contributed by atoms with Gasteiger partial charge in [0.15, 0.2) is 6.61 Å². The molecule has 1 N–H and O–H groups in total. The van der Waals surface area contributed by atoms with Gasteiger partial charge in [-0.3, -0.25) is 9.59 Å². The van der Waals surface area contributed by atoms with E-state index in [9.17, 15) is 9.59 Å². The molecule has 0 unspecified atom stereocenters. The number of likely N-dealkylation sites (tertiary alicyclic amines) is 1. The van der Waals surface area contributed by atoms with Crippen molar-refractivity contribution >= 4 is 11.8 Å². The Morgan fingerprint density at radius 1 is 1.04 bits per heavy atom. The third kappa shape index (κ3) is 4.85. The Morgan fingerprint density at radius 3 is 2.35 bits per heavy atom. The molecule has 1 aliphatic heterocycles. The monoisotopic (exact) mass is 352 g/mol. The lowest BCUT2D eigenvalue weighted by molar-refractivity contribution is -0.124. The minimum absolute atomic E-state index is 0.00647. The first kappa shape index (κ1) is 18.0. The maximum absolute atomic E-state index is 12.5. The van der Waals surface area contributed by atoms with Crippen molar-refractivity contribution in [3.05, 3.63) is 65.7 Å². The summed E-state index contributed by atoms with van der Waals surface area (Å²) in [7, 11) is 0. The molecular weight excluding hydrogens is 328 g/mol. The van der Waals surface area contributed by atoms with Crippen molar-refractivity contribution in [1.29, 1.82) is 0 Å². The van der Waals surface area contributed by atoms with E-state index in [0.717, 1.165) is 18.4 Å². The lowest BCUT2D eigenvalue weighted by Gasteiger charge is -2.32. The smallest absolute Gasteiger partial charge is 0.258 e. The fourth-order valence-corrected chi connectivity index (χ4v) is 3.04. The molecule has 0 saturated carbocycles. The summed E-state index contributed by atoms with van der Waals surface area (Å²) in [5.74, 6) is 0.612. The normalized spacial score (nSPS) is 14.7. The van der Waals surface area contributed by atoms with Crippen LogP contribution in [0.3, 0.4) is 0 Å². The lowest BCUT2D eigenvalue weighted by Crippen LogP contribution is -2.47. The highest BCUT2D eigenvalue weighted by molar-refractivity contribution is 5.94. The summed E-state index contributed by atoms with van der Waals surface area (Å²) in [6, 6.07) is 17.0. The van der Waals surface area contributed by atoms with E-state index in [1.807, 2.05) is 66.4 Å². The molecule has 2 amide bonds. The Balaban J connectivity index is 1.42. The fraction of sp³-hybridized carbons (Fsp3) is 0.333. The number of nitrogens with one attached hydrogen (secondary N) is 1. The predicted octanol–water partition coefficient (Wildman–Crippen LogP) is 2.79. The van der Waals surface area contributed by atoms with Crippen LogP contribution in [-0.2, 0) is 4.79 Å². The molecular formula is C21H24N2O3. The van der Waals surface area contributed by atoms with Crippen LogP contribution < -0.4 is 10.1 Å². The summed E-state index contributed by atoms with van der Waals surface area (Å²) in [6.45, 7) is 3.31. The number of aryl methyl sites for hydroxylation is 1. The van der Waals surface area contributed by atoms with Crippen LogP contribution in [0.25, 0.3) is 0 Å². The molecule has 136 valence electrons. The first-order valence-electron chi connectivity index (χ1n) is 8.95. The van der Waals surface area contributed by atoms with E-state index in [0.29, 0.717) is 24.4 Å². The van der Waals surface area contributed by atoms with Gasteiger partial charge in [0.25, 0.3) is 11.8 Å². The molecule has 5 nitrogen and oxygen atoms in total. The number of benzene rings is 2. The highest BCUT2D eigenvalue weighted by atomic mass is 16.5. The van der Waals surface area contributed by atoms with Crippen molar-refractivity contribution in [1.82, 2.24) is 10.2 Å². The molecule has 2 aromatic carbocycles.